The van der Waals surface area contributed by atoms with E-state index < -0.39 is 0 Å². The standard InChI is InChI=1S/C11H18N4/c1-14-6-7-15-8-9(13-10(14)15)11(12)4-2-3-5-11/h8H,2-7,12H2,1H3. The molecule has 1 saturated carbocycles. The van der Waals surface area contributed by atoms with E-state index in [0.29, 0.717) is 0 Å². The van der Waals surface area contributed by atoms with Crippen molar-refractivity contribution < 1.29 is 0 Å². The van der Waals surface area contributed by atoms with Crippen molar-refractivity contribution in [3.05, 3.63) is 11.9 Å². The molecule has 0 amide bonds. The summed E-state index contributed by atoms with van der Waals surface area (Å²) in [5, 5.41) is 0. The summed E-state index contributed by atoms with van der Waals surface area (Å²) < 4.78 is 2.22. The fourth-order valence-electron chi connectivity index (χ4n) is 2.74. The number of likely N-dealkylation sites (N-methyl/N-ethyl adjacent to an activating group) is 1. The summed E-state index contributed by atoms with van der Waals surface area (Å²) in [6.07, 6.45) is 6.83. The molecule has 82 valence electrons. The molecule has 4 heteroatoms. The number of aromatic nitrogens is 2. The Morgan fingerprint density at radius 3 is 2.73 bits per heavy atom. The van der Waals surface area contributed by atoms with Gasteiger partial charge in [-0.15, -0.1) is 0 Å². The molecule has 1 fully saturated rings. The molecule has 15 heavy (non-hydrogen) atoms. The van der Waals surface area contributed by atoms with Crippen LogP contribution in [0.1, 0.15) is 31.4 Å². The molecule has 0 bridgehead atoms. The van der Waals surface area contributed by atoms with Crippen molar-refractivity contribution in [3.63, 3.8) is 0 Å². The summed E-state index contributed by atoms with van der Waals surface area (Å²) in [5.41, 5.74) is 7.35. The van der Waals surface area contributed by atoms with Gasteiger partial charge in [0.25, 0.3) is 0 Å². The fourth-order valence-corrected chi connectivity index (χ4v) is 2.74. The van der Waals surface area contributed by atoms with Gasteiger partial charge in [0.1, 0.15) is 0 Å². The summed E-state index contributed by atoms with van der Waals surface area (Å²) in [5.74, 6) is 1.08. The van der Waals surface area contributed by atoms with Gasteiger partial charge in [0.05, 0.1) is 11.2 Å². The third-order valence-electron chi connectivity index (χ3n) is 3.78. The van der Waals surface area contributed by atoms with Crippen LogP contribution in [0.5, 0.6) is 0 Å². The average Bonchev–Trinajstić information content (AvgIpc) is 2.85. The SMILES string of the molecule is CN1CCn2cc(C3(N)CCCC3)nc21. The van der Waals surface area contributed by atoms with Crippen LogP contribution in [0.4, 0.5) is 5.95 Å². The highest BCUT2D eigenvalue weighted by Crippen LogP contribution is 2.37. The van der Waals surface area contributed by atoms with Gasteiger partial charge in [-0.3, -0.25) is 0 Å². The van der Waals surface area contributed by atoms with Gasteiger partial charge in [-0.05, 0) is 12.8 Å². The number of nitrogens with two attached hydrogens (primary N) is 1. The van der Waals surface area contributed by atoms with Crippen LogP contribution in [0.15, 0.2) is 6.20 Å². The van der Waals surface area contributed by atoms with Crippen LogP contribution in [-0.2, 0) is 12.1 Å². The first-order valence-corrected chi connectivity index (χ1v) is 5.77. The first-order valence-electron chi connectivity index (χ1n) is 5.77. The van der Waals surface area contributed by atoms with Gasteiger partial charge >= 0.3 is 0 Å². The van der Waals surface area contributed by atoms with Gasteiger partial charge in [0, 0.05) is 26.3 Å². The van der Waals surface area contributed by atoms with E-state index in [2.05, 4.69) is 27.7 Å². The molecule has 1 aromatic heterocycles. The van der Waals surface area contributed by atoms with Gasteiger partial charge in [-0.1, -0.05) is 12.8 Å². The topological polar surface area (TPSA) is 47.1 Å². The largest absolute Gasteiger partial charge is 0.344 e. The second kappa shape index (κ2) is 2.98. The minimum Gasteiger partial charge on any atom is -0.344 e. The molecular formula is C11H18N4. The first-order chi connectivity index (χ1) is 7.19. The van der Waals surface area contributed by atoms with Crippen LogP contribution in [-0.4, -0.2) is 23.1 Å². The number of rotatable bonds is 1. The Hall–Kier alpha value is -1.03. The lowest BCUT2D eigenvalue weighted by Gasteiger charge is -2.20. The number of hydrogen-bond acceptors (Lipinski definition) is 3. The van der Waals surface area contributed by atoms with Crippen molar-refractivity contribution in [3.8, 4) is 0 Å². The highest BCUT2D eigenvalue weighted by Gasteiger charge is 2.35. The van der Waals surface area contributed by atoms with E-state index in [1.807, 2.05) is 0 Å². The van der Waals surface area contributed by atoms with Gasteiger partial charge in [0.15, 0.2) is 0 Å². The monoisotopic (exact) mass is 206 g/mol. The molecule has 3 rings (SSSR count). The lowest BCUT2D eigenvalue weighted by molar-refractivity contribution is 0.448. The molecule has 0 unspecified atom stereocenters. The maximum atomic E-state index is 6.39. The molecule has 0 atom stereocenters. The zero-order valence-corrected chi connectivity index (χ0v) is 9.24. The van der Waals surface area contributed by atoms with Crippen molar-refractivity contribution in [1.82, 2.24) is 9.55 Å². The van der Waals surface area contributed by atoms with Crippen LogP contribution in [0.2, 0.25) is 0 Å². The highest BCUT2D eigenvalue weighted by atomic mass is 15.3. The molecule has 2 N–H and O–H groups in total. The maximum Gasteiger partial charge on any atom is 0.205 e. The summed E-state index contributed by atoms with van der Waals surface area (Å²) in [4.78, 5) is 6.89. The number of nitrogens with zero attached hydrogens (tertiary/aromatic N) is 3. The lowest BCUT2D eigenvalue weighted by Crippen LogP contribution is -2.33. The molecule has 0 spiro atoms. The van der Waals surface area contributed by atoms with Crippen LogP contribution >= 0.6 is 0 Å². The van der Waals surface area contributed by atoms with Crippen LogP contribution in [0, 0.1) is 0 Å². The smallest absolute Gasteiger partial charge is 0.205 e. The van der Waals surface area contributed by atoms with Gasteiger partial charge in [-0.2, -0.15) is 0 Å². The normalized spacial score (nSPS) is 23.5. The quantitative estimate of drug-likeness (QED) is 0.747. The molecule has 2 aliphatic rings. The summed E-state index contributed by atoms with van der Waals surface area (Å²) in [6.45, 7) is 2.12. The first kappa shape index (κ1) is 9.21. The zero-order valence-electron chi connectivity index (χ0n) is 9.24. The molecule has 1 aliphatic carbocycles. The maximum absolute atomic E-state index is 6.39. The van der Waals surface area contributed by atoms with E-state index in [1.165, 1.54) is 12.8 Å². The van der Waals surface area contributed by atoms with Crippen molar-refractivity contribution in [1.29, 1.82) is 0 Å². The summed E-state index contributed by atoms with van der Waals surface area (Å²) in [7, 11) is 2.09. The Morgan fingerprint density at radius 2 is 2.07 bits per heavy atom. The molecule has 1 aromatic rings. The predicted molar refractivity (Wildman–Crippen MR) is 59.8 cm³/mol. The minimum atomic E-state index is -0.141. The molecule has 1 aliphatic heterocycles. The number of anilines is 1. The van der Waals surface area contributed by atoms with Crippen molar-refractivity contribution >= 4 is 5.95 Å². The van der Waals surface area contributed by atoms with E-state index >= 15 is 0 Å². The highest BCUT2D eigenvalue weighted by molar-refractivity contribution is 5.37. The number of hydrogen-bond donors (Lipinski definition) is 1. The third-order valence-corrected chi connectivity index (χ3v) is 3.78. The van der Waals surface area contributed by atoms with E-state index in [-0.39, 0.29) is 5.54 Å². The van der Waals surface area contributed by atoms with Gasteiger partial charge < -0.3 is 15.2 Å². The third kappa shape index (κ3) is 1.28. The lowest BCUT2D eigenvalue weighted by atomic mass is 9.96. The number of imidazole rings is 1. The minimum absolute atomic E-state index is 0.141. The van der Waals surface area contributed by atoms with Crippen molar-refractivity contribution in [2.24, 2.45) is 5.73 Å². The van der Waals surface area contributed by atoms with Crippen LogP contribution in [0.25, 0.3) is 0 Å². The van der Waals surface area contributed by atoms with Gasteiger partial charge in [-0.25, -0.2) is 4.98 Å². The average molecular weight is 206 g/mol. The molecular weight excluding hydrogens is 188 g/mol. The van der Waals surface area contributed by atoms with Crippen molar-refractivity contribution in [2.45, 2.75) is 37.8 Å². The molecule has 2 heterocycles. The number of fused-ring (bicyclic) bond motifs is 1. The van der Waals surface area contributed by atoms with E-state index in [0.717, 1.165) is 37.6 Å². The van der Waals surface area contributed by atoms with E-state index in [1.54, 1.807) is 0 Å². The van der Waals surface area contributed by atoms with Gasteiger partial charge in [0.2, 0.25) is 5.95 Å². The Labute approximate surface area is 90.1 Å². The molecule has 0 saturated heterocycles. The molecule has 0 aromatic carbocycles. The summed E-state index contributed by atoms with van der Waals surface area (Å²) >= 11 is 0. The molecule has 0 radical (unpaired) electrons. The summed E-state index contributed by atoms with van der Waals surface area (Å²) in [6, 6.07) is 0. The van der Waals surface area contributed by atoms with Crippen LogP contribution < -0.4 is 10.6 Å². The van der Waals surface area contributed by atoms with Crippen molar-refractivity contribution in [2.75, 3.05) is 18.5 Å². The van der Waals surface area contributed by atoms with E-state index in [4.69, 9.17) is 5.73 Å². The Bertz CT molecular complexity index is 376. The second-order valence-electron chi connectivity index (χ2n) is 4.90. The second-order valence-corrected chi connectivity index (χ2v) is 4.90. The Kier molecular flexibility index (Phi) is 1.83. The molecule has 4 nitrogen and oxygen atoms in total. The Balaban J connectivity index is 1.97. The predicted octanol–water partition coefficient (Wildman–Crippen LogP) is 1.06. The zero-order chi connectivity index (χ0) is 10.5. The fraction of sp³-hybridized carbons (Fsp3) is 0.727. The van der Waals surface area contributed by atoms with Crippen LogP contribution in [0.3, 0.4) is 0 Å². The van der Waals surface area contributed by atoms with E-state index in [9.17, 15) is 0 Å². The Morgan fingerprint density at radius 1 is 1.33 bits per heavy atom.